The number of nitrogens with zero attached hydrogens (tertiary/aromatic N) is 2. The van der Waals surface area contributed by atoms with E-state index in [1.165, 1.54) is 93.9 Å². The first-order valence-corrected chi connectivity index (χ1v) is 21.9. The van der Waals surface area contributed by atoms with Gasteiger partial charge in [-0.15, -0.1) is 0 Å². The van der Waals surface area contributed by atoms with Crippen LogP contribution in [0.4, 0.5) is 17.1 Å². The molecule has 0 saturated heterocycles. The molecule has 298 valence electrons. The first-order valence-electron chi connectivity index (χ1n) is 21.9. The second-order valence-electron chi connectivity index (χ2n) is 17.4. The molecule has 1 aliphatic carbocycles. The van der Waals surface area contributed by atoms with E-state index in [1.807, 2.05) is 0 Å². The Labute approximate surface area is 368 Å². The summed E-state index contributed by atoms with van der Waals surface area (Å²) < 4.78 is 2.37. The molecule has 0 bridgehead atoms. The molecule has 0 unspecified atom stereocenters. The maximum atomic E-state index is 2.42. The van der Waals surface area contributed by atoms with E-state index in [9.17, 15) is 0 Å². The molecule has 0 saturated carbocycles. The number of aromatic nitrogens is 1. The fourth-order valence-corrected chi connectivity index (χ4v) is 10.2. The van der Waals surface area contributed by atoms with Gasteiger partial charge in [-0.05, 0) is 139 Å². The lowest BCUT2D eigenvalue weighted by atomic mass is 9.82. The summed E-state index contributed by atoms with van der Waals surface area (Å²) in [5, 5.41) is 5.03. The van der Waals surface area contributed by atoms with Crippen molar-refractivity contribution in [1.82, 2.24) is 4.57 Å². The molecule has 2 nitrogen and oxygen atoms in total. The number of para-hydroxylation sites is 2. The summed E-state index contributed by atoms with van der Waals surface area (Å²) in [4.78, 5) is 2.41. The van der Waals surface area contributed by atoms with Crippen molar-refractivity contribution in [3.05, 3.63) is 242 Å². The summed E-state index contributed by atoms with van der Waals surface area (Å²) in [6.07, 6.45) is 0. The van der Waals surface area contributed by atoms with Gasteiger partial charge < -0.3 is 9.47 Å². The molecule has 1 aliphatic rings. The van der Waals surface area contributed by atoms with Crippen LogP contribution in [0.25, 0.3) is 82.8 Å². The minimum atomic E-state index is -0.107. The Hall–Kier alpha value is -7.94. The molecule has 0 fully saturated rings. The minimum absolute atomic E-state index is 0.107. The molecule has 2 heteroatoms. The summed E-state index contributed by atoms with van der Waals surface area (Å²) in [5.74, 6) is 0. The largest absolute Gasteiger partial charge is 0.310 e. The predicted octanol–water partition coefficient (Wildman–Crippen LogP) is 16.7. The maximum absolute atomic E-state index is 2.42. The Morgan fingerprint density at radius 1 is 0.333 bits per heavy atom. The van der Waals surface area contributed by atoms with Gasteiger partial charge in [-0.2, -0.15) is 0 Å². The summed E-state index contributed by atoms with van der Waals surface area (Å²) in [6, 6.07) is 84.6. The van der Waals surface area contributed by atoms with E-state index in [1.54, 1.807) is 0 Å². The van der Waals surface area contributed by atoms with E-state index in [0.29, 0.717) is 0 Å². The van der Waals surface area contributed by atoms with Crippen LogP contribution in [0.2, 0.25) is 0 Å². The predicted molar refractivity (Wildman–Crippen MR) is 267 cm³/mol. The van der Waals surface area contributed by atoms with E-state index < -0.39 is 0 Å². The minimum Gasteiger partial charge on any atom is -0.310 e. The van der Waals surface area contributed by atoms with Crippen molar-refractivity contribution in [2.45, 2.75) is 19.3 Å². The van der Waals surface area contributed by atoms with Crippen LogP contribution in [-0.4, -0.2) is 4.57 Å². The number of rotatable bonds is 7. The van der Waals surface area contributed by atoms with Gasteiger partial charge in [0.25, 0.3) is 0 Å². The summed E-state index contributed by atoms with van der Waals surface area (Å²) in [5.41, 5.74) is 19.5. The fraction of sp³-hybridized carbons (Fsp3) is 0.0492. The first kappa shape index (κ1) is 36.9. The van der Waals surface area contributed by atoms with Crippen LogP contribution in [0.3, 0.4) is 0 Å². The van der Waals surface area contributed by atoms with Crippen molar-refractivity contribution in [2.24, 2.45) is 0 Å². The van der Waals surface area contributed by atoms with Crippen molar-refractivity contribution < 1.29 is 0 Å². The van der Waals surface area contributed by atoms with Gasteiger partial charge in [-0.1, -0.05) is 172 Å². The molecule has 0 amide bonds. The Morgan fingerprint density at radius 2 is 0.889 bits per heavy atom. The lowest BCUT2D eigenvalue weighted by molar-refractivity contribution is 0.660. The molecule has 0 spiro atoms. The number of fused-ring (bicyclic) bond motifs is 7. The zero-order valence-electron chi connectivity index (χ0n) is 35.3. The summed E-state index contributed by atoms with van der Waals surface area (Å²) in [7, 11) is 0. The lowest BCUT2D eigenvalue weighted by Crippen LogP contribution is -2.16. The van der Waals surface area contributed by atoms with Gasteiger partial charge in [0.2, 0.25) is 0 Å². The number of hydrogen-bond donors (Lipinski definition) is 0. The smallest absolute Gasteiger partial charge is 0.0541 e. The van der Waals surface area contributed by atoms with Gasteiger partial charge in [0.1, 0.15) is 0 Å². The van der Waals surface area contributed by atoms with Gasteiger partial charge in [-0.3, -0.25) is 0 Å². The second kappa shape index (κ2) is 14.6. The van der Waals surface area contributed by atoms with E-state index in [2.05, 4.69) is 254 Å². The van der Waals surface area contributed by atoms with Crippen molar-refractivity contribution in [1.29, 1.82) is 0 Å². The highest BCUT2D eigenvalue weighted by Crippen LogP contribution is 2.51. The summed E-state index contributed by atoms with van der Waals surface area (Å²) >= 11 is 0. The maximum Gasteiger partial charge on any atom is 0.0541 e. The van der Waals surface area contributed by atoms with Crippen LogP contribution in [-0.2, 0) is 5.41 Å². The highest BCUT2D eigenvalue weighted by Gasteiger charge is 2.35. The molecule has 63 heavy (non-hydrogen) atoms. The van der Waals surface area contributed by atoms with Gasteiger partial charge in [0.05, 0.1) is 11.0 Å². The molecular weight excluding hydrogens is 761 g/mol. The molecule has 1 heterocycles. The monoisotopic (exact) mass is 804 g/mol. The molecule has 10 aromatic carbocycles. The average molecular weight is 805 g/mol. The molecule has 0 atom stereocenters. The quantitative estimate of drug-likeness (QED) is 0.156. The van der Waals surface area contributed by atoms with Gasteiger partial charge in [0.15, 0.2) is 0 Å². The zero-order chi connectivity index (χ0) is 42.1. The second-order valence-corrected chi connectivity index (χ2v) is 17.4. The van der Waals surface area contributed by atoms with Gasteiger partial charge in [0, 0.05) is 38.9 Å². The Bertz CT molecular complexity index is 3510. The molecule has 0 radical (unpaired) electrons. The summed E-state index contributed by atoms with van der Waals surface area (Å²) in [6.45, 7) is 4.71. The van der Waals surface area contributed by atoms with E-state index >= 15 is 0 Å². The third kappa shape index (κ3) is 6.09. The van der Waals surface area contributed by atoms with Crippen LogP contribution in [0.5, 0.6) is 0 Å². The fourth-order valence-electron chi connectivity index (χ4n) is 10.2. The molecule has 12 rings (SSSR count). The third-order valence-corrected chi connectivity index (χ3v) is 13.4. The highest BCUT2D eigenvalue weighted by atomic mass is 15.1. The topological polar surface area (TPSA) is 8.17 Å². The van der Waals surface area contributed by atoms with Crippen LogP contribution in [0.1, 0.15) is 25.0 Å². The molecule has 1 aromatic heterocycles. The van der Waals surface area contributed by atoms with Crippen LogP contribution in [0, 0.1) is 0 Å². The number of benzene rings is 10. The Balaban J connectivity index is 0.922. The third-order valence-electron chi connectivity index (χ3n) is 13.4. The Morgan fingerprint density at radius 3 is 1.70 bits per heavy atom. The molecule has 0 aliphatic heterocycles. The number of hydrogen-bond acceptors (Lipinski definition) is 1. The van der Waals surface area contributed by atoms with Crippen LogP contribution < -0.4 is 4.90 Å². The van der Waals surface area contributed by atoms with Crippen LogP contribution >= 0.6 is 0 Å². The van der Waals surface area contributed by atoms with Crippen molar-refractivity contribution >= 4 is 49.6 Å². The van der Waals surface area contributed by atoms with Crippen LogP contribution in [0.15, 0.2) is 231 Å². The number of anilines is 3. The van der Waals surface area contributed by atoms with Crippen molar-refractivity contribution in [3.63, 3.8) is 0 Å². The standard InChI is InChI=1S/C61H44N2/c1-61(2)57-24-10-8-21-53(57)54-36-35-50(40-58(54)61)62(49-33-28-43(29-34-49)52-23-13-15-42-14-6-7-20-51(42)52)48-31-26-41(27-32-48)44-16-12-17-45(38-44)46-30-37-60-56(39-46)55-22-9-11-25-59(55)63(60)47-18-4-3-5-19-47/h3-40H,1-2H3. The van der Waals surface area contributed by atoms with E-state index in [0.717, 1.165) is 17.1 Å². The first-order chi connectivity index (χ1) is 31.0. The van der Waals surface area contributed by atoms with Gasteiger partial charge >= 0.3 is 0 Å². The van der Waals surface area contributed by atoms with E-state index in [-0.39, 0.29) is 5.41 Å². The normalized spacial score (nSPS) is 12.7. The highest BCUT2D eigenvalue weighted by molar-refractivity contribution is 6.10. The van der Waals surface area contributed by atoms with Gasteiger partial charge in [-0.25, -0.2) is 0 Å². The molecular formula is C61H44N2. The van der Waals surface area contributed by atoms with E-state index in [4.69, 9.17) is 0 Å². The lowest BCUT2D eigenvalue weighted by Gasteiger charge is -2.28. The average Bonchev–Trinajstić information content (AvgIpc) is 3.80. The zero-order valence-corrected chi connectivity index (χ0v) is 35.3. The molecule has 0 N–H and O–H groups in total. The SMILES string of the molecule is CC1(C)c2ccccc2-c2ccc(N(c3ccc(-c4cccc(-c5ccc6c(c5)c5ccccc5n6-c5ccccc5)c4)cc3)c3ccc(-c4cccc5ccccc45)cc3)cc21. The molecule has 11 aromatic rings. The Kier molecular flexibility index (Phi) is 8.55. The van der Waals surface area contributed by atoms with Crippen molar-refractivity contribution in [3.8, 4) is 50.2 Å². The van der Waals surface area contributed by atoms with Crippen molar-refractivity contribution in [2.75, 3.05) is 4.90 Å².